The zero-order valence-electron chi connectivity index (χ0n) is 14.8. The molecule has 2 aromatic carbocycles. The zero-order chi connectivity index (χ0) is 19.1. The van der Waals surface area contributed by atoms with Crippen LogP contribution >= 0.6 is 22.9 Å². The number of rotatable bonds is 9. The van der Waals surface area contributed by atoms with Crippen molar-refractivity contribution in [3.8, 4) is 5.75 Å². The molecule has 0 aliphatic carbocycles. The summed E-state index contributed by atoms with van der Waals surface area (Å²) in [6.07, 6.45) is 1.60. The minimum Gasteiger partial charge on any atom is -0.488 e. The minimum absolute atomic E-state index is 0.171. The molecular weight excluding hydrogens is 380 g/mol. The van der Waals surface area contributed by atoms with Crippen LogP contribution in [0.4, 0.5) is 0 Å². The first-order chi connectivity index (χ1) is 13.1. The highest BCUT2D eigenvalue weighted by atomic mass is 35.5. The van der Waals surface area contributed by atoms with Crippen molar-refractivity contribution in [2.75, 3.05) is 0 Å². The van der Waals surface area contributed by atoms with Gasteiger partial charge in [-0.05, 0) is 54.2 Å². The van der Waals surface area contributed by atoms with E-state index in [2.05, 4.69) is 12.1 Å². The molecule has 0 aliphatic heterocycles. The van der Waals surface area contributed by atoms with Crippen molar-refractivity contribution >= 4 is 28.9 Å². The third kappa shape index (κ3) is 6.12. The number of ether oxygens (including phenoxy) is 1. The second-order valence-corrected chi connectivity index (χ2v) is 8.18. The van der Waals surface area contributed by atoms with Gasteiger partial charge in [0, 0.05) is 11.3 Å². The van der Waals surface area contributed by atoms with Gasteiger partial charge in [0.05, 0.1) is 4.34 Å². The van der Waals surface area contributed by atoms with Gasteiger partial charge in [0.15, 0.2) is 0 Å². The number of benzene rings is 2. The molecule has 1 aromatic heterocycles. The maximum Gasteiger partial charge on any atom is 0.303 e. The smallest absolute Gasteiger partial charge is 0.303 e. The molecule has 1 N–H and O–H groups in total. The lowest BCUT2D eigenvalue weighted by atomic mass is 9.88. The van der Waals surface area contributed by atoms with Gasteiger partial charge in [0.25, 0.3) is 0 Å². The topological polar surface area (TPSA) is 46.5 Å². The van der Waals surface area contributed by atoms with Crippen molar-refractivity contribution in [1.29, 1.82) is 0 Å². The van der Waals surface area contributed by atoms with Crippen molar-refractivity contribution in [3.63, 3.8) is 0 Å². The minimum atomic E-state index is -0.756. The fourth-order valence-electron chi connectivity index (χ4n) is 3.00. The number of aliphatic carboxylic acids is 1. The Labute approximate surface area is 168 Å². The number of carboxylic acids is 1. The second-order valence-electron chi connectivity index (χ2n) is 6.38. The lowest BCUT2D eigenvalue weighted by Crippen LogP contribution is -2.06. The molecule has 5 heteroatoms. The van der Waals surface area contributed by atoms with Crippen LogP contribution in [0.5, 0.6) is 5.75 Å². The van der Waals surface area contributed by atoms with Crippen molar-refractivity contribution in [2.45, 2.75) is 31.8 Å². The number of carbonyl (C=O) groups is 1. The Bertz CT molecular complexity index is 859. The SMILES string of the molecule is O=C(O)CCC(Cc1ccc(OCc2ccc(Cl)s2)cc1)c1ccccc1. The maximum atomic E-state index is 11.0. The van der Waals surface area contributed by atoms with Crippen LogP contribution in [0, 0.1) is 0 Å². The zero-order valence-corrected chi connectivity index (χ0v) is 16.4. The second kappa shape index (κ2) is 9.58. The first-order valence-corrected chi connectivity index (χ1v) is 10.0. The van der Waals surface area contributed by atoms with Crippen LogP contribution in [-0.2, 0) is 17.8 Å². The van der Waals surface area contributed by atoms with Crippen LogP contribution in [0.25, 0.3) is 0 Å². The Hall–Kier alpha value is -2.30. The van der Waals surface area contributed by atoms with E-state index in [1.54, 1.807) is 0 Å². The number of carboxylic acid groups (broad SMARTS) is 1. The van der Waals surface area contributed by atoms with Gasteiger partial charge in [-0.2, -0.15) is 0 Å². The summed E-state index contributed by atoms with van der Waals surface area (Å²) in [7, 11) is 0. The van der Waals surface area contributed by atoms with Gasteiger partial charge in [0.2, 0.25) is 0 Å². The van der Waals surface area contributed by atoms with Crippen molar-refractivity contribution in [1.82, 2.24) is 0 Å². The van der Waals surface area contributed by atoms with Crippen LogP contribution in [0.15, 0.2) is 66.7 Å². The molecule has 0 radical (unpaired) electrons. The highest BCUT2D eigenvalue weighted by Gasteiger charge is 2.14. The van der Waals surface area contributed by atoms with Crippen LogP contribution in [-0.4, -0.2) is 11.1 Å². The summed E-state index contributed by atoms with van der Waals surface area (Å²) in [5.74, 6) is 0.237. The van der Waals surface area contributed by atoms with Gasteiger partial charge in [-0.15, -0.1) is 11.3 Å². The highest BCUT2D eigenvalue weighted by Crippen LogP contribution is 2.27. The summed E-state index contributed by atoms with van der Waals surface area (Å²) >= 11 is 7.45. The average Bonchev–Trinajstić information content (AvgIpc) is 3.10. The summed E-state index contributed by atoms with van der Waals surface area (Å²) in [5.41, 5.74) is 2.34. The van der Waals surface area contributed by atoms with Gasteiger partial charge in [0.1, 0.15) is 12.4 Å². The Balaban J connectivity index is 1.62. The Morgan fingerprint density at radius 1 is 1.04 bits per heavy atom. The monoisotopic (exact) mass is 400 g/mol. The van der Waals surface area contributed by atoms with E-state index in [0.29, 0.717) is 13.0 Å². The molecule has 3 aromatic rings. The summed E-state index contributed by atoms with van der Waals surface area (Å²) < 4.78 is 6.56. The first kappa shape index (κ1) is 19.5. The fourth-order valence-corrected chi connectivity index (χ4v) is 4.00. The van der Waals surface area contributed by atoms with Crippen LogP contribution in [0.3, 0.4) is 0 Å². The molecule has 0 saturated heterocycles. The molecule has 0 fully saturated rings. The molecular formula is C22H21ClO3S. The highest BCUT2D eigenvalue weighted by molar-refractivity contribution is 7.16. The molecule has 140 valence electrons. The van der Waals surface area contributed by atoms with Gasteiger partial charge < -0.3 is 9.84 Å². The molecule has 3 nitrogen and oxygen atoms in total. The van der Waals surface area contributed by atoms with Gasteiger partial charge in [-0.25, -0.2) is 0 Å². The lowest BCUT2D eigenvalue weighted by Gasteiger charge is -2.17. The number of hydrogen-bond donors (Lipinski definition) is 1. The normalized spacial score (nSPS) is 11.9. The standard InChI is InChI=1S/C22H21ClO3S/c23-21-12-11-20(27-21)15-26-19-9-6-16(7-10-19)14-18(8-13-22(24)25)17-4-2-1-3-5-17/h1-7,9-12,18H,8,13-15H2,(H,24,25). The summed E-state index contributed by atoms with van der Waals surface area (Å²) in [6.45, 7) is 0.502. The largest absolute Gasteiger partial charge is 0.488 e. The number of thiophene rings is 1. The fraction of sp³-hybridized carbons (Fsp3) is 0.227. The molecule has 0 aliphatic rings. The summed E-state index contributed by atoms with van der Waals surface area (Å²) in [6, 6.07) is 22.0. The molecule has 0 bridgehead atoms. The van der Waals surface area contributed by atoms with Crippen molar-refractivity contribution in [2.24, 2.45) is 0 Å². The Morgan fingerprint density at radius 2 is 1.78 bits per heavy atom. The van der Waals surface area contributed by atoms with Gasteiger partial charge >= 0.3 is 5.97 Å². The van der Waals surface area contributed by atoms with E-state index in [1.165, 1.54) is 22.5 Å². The molecule has 3 rings (SSSR count). The molecule has 0 amide bonds. The Morgan fingerprint density at radius 3 is 2.41 bits per heavy atom. The van der Waals surface area contributed by atoms with Crippen LogP contribution in [0.2, 0.25) is 4.34 Å². The van der Waals surface area contributed by atoms with E-state index >= 15 is 0 Å². The van der Waals surface area contributed by atoms with Crippen molar-refractivity contribution < 1.29 is 14.6 Å². The quantitative estimate of drug-likeness (QED) is 0.467. The molecule has 1 heterocycles. The number of halogens is 1. The van der Waals surface area contributed by atoms with Gasteiger partial charge in [-0.3, -0.25) is 4.79 Å². The van der Waals surface area contributed by atoms with Crippen LogP contribution < -0.4 is 4.74 Å². The van der Waals surface area contributed by atoms with Gasteiger partial charge in [-0.1, -0.05) is 54.1 Å². The lowest BCUT2D eigenvalue weighted by molar-refractivity contribution is -0.137. The molecule has 1 unspecified atom stereocenters. The predicted molar refractivity (Wildman–Crippen MR) is 110 cm³/mol. The predicted octanol–water partition coefficient (Wildman–Crippen LogP) is 6.17. The van der Waals surface area contributed by atoms with E-state index in [0.717, 1.165) is 21.4 Å². The first-order valence-electron chi connectivity index (χ1n) is 8.83. The molecule has 1 atom stereocenters. The van der Waals surface area contributed by atoms with E-state index in [9.17, 15) is 4.79 Å². The average molecular weight is 401 g/mol. The molecule has 27 heavy (non-hydrogen) atoms. The van der Waals surface area contributed by atoms with Crippen molar-refractivity contribution in [3.05, 3.63) is 87.1 Å². The molecule has 0 saturated carbocycles. The summed E-state index contributed by atoms with van der Waals surface area (Å²) in [5, 5.41) is 9.04. The summed E-state index contributed by atoms with van der Waals surface area (Å²) in [4.78, 5) is 12.1. The maximum absolute atomic E-state index is 11.0. The molecule has 0 spiro atoms. The van der Waals surface area contributed by atoms with E-state index in [4.69, 9.17) is 21.4 Å². The Kier molecular flexibility index (Phi) is 6.91. The van der Waals surface area contributed by atoms with E-state index in [1.807, 2.05) is 54.6 Å². The van der Waals surface area contributed by atoms with Crippen LogP contribution in [0.1, 0.15) is 34.8 Å². The number of hydrogen-bond acceptors (Lipinski definition) is 3. The third-order valence-electron chi connectivity index (χ3n) is 4.39. The third-order valence-corrected chi connectivity index (χ3v) is 5.60. The van der Waals surface area contributed by atoms with E-state index < -0.39 is 5.97 Å². The van der Waals surface area contributed by atoms with E-state index in [-0.39, 0.29) is 12.3 Å².